The molecule has 0 radical (unpaired) electrons. The summed E-state index contributed by atoms with van der Waals surface area (Å²) in [5, 5.41) is 0. The molecule has 0 unspecified atom stereocenters. The topological polar surface area (TPSA) is 0 Å². The maximum Gasteiger partial charge on any atom is -0.00576 e. The van der Waals surface area contributed by atoms with Crippen molar-refractivity contribution in [3.63, 3.8) is 0 Å². The van der Waals surface area contributed by atoms with Crippen molar-refractivity contribution < 1.29 is 0 Å². The van der Waals surface area contributed by atoms with E-state index in [9.17, 15) is 0 Å². The van der Waals surface area contributed by atoms with E-state index in [2.05, 4.69) is 69.3 Å². The molecular formula is C23H28. The van der Waals surface area contributed by atoms with Crippen LogP contribution in [0.1, 0.15) is 56.7 Å². The molecule has 0 heteroatoms. The Labute approximate surface area is 141 Å². The van der Waals surface area contributed by atoms with Crippen molar-refractivity contribution in [3.05, 3.63) is 64.7 Å². The van der Waals surface area contributed by atoms with E-state index in [-0.39, 0.29) is 0 Å². The van der Waals surface area contributed by atoms with E-state index in [1.807, 2.05) is 0 Å². The predicted octanol–water partition coefficient (Wildman–Crippen LogP) is 6.68. The summed E-state index contributed by atoms with van der Waals surface area (Å²) in [7, 11) is 0. The fourth-order valence-corrected chi connectivity index (χ4v) is 3.65. The number of benzene rings is 2. The molecule has 0 N–H and O–H groups in total. The maximum absolute atomic E-state index is 2.48. The second-order valence-corrected chi connectivity index (χ2v) is 7.22. The van der Waals surface area contributed by atoms with Crippen LogP contribution in [-0.4, -0.2) is 0 Å². The second kappa shape index (κ2) is 7.17. The van der Waals surface area contributed by atoms with E-state index in [1.165, 1.54) is 47.1 Å². The molecule has 0 bridgehead atoms. The van der Waals surface area contributed by atoms with Crippen LogP contribution in [0.4, 0.5) is 0 Å². The quantitative estimate of drug-likeness (QED) is 0.558. The van der Waals surface area contributed by atoms with Crippen LogP contribution in [0, 0.1) is 5.92 Å². The van der Waals surface area contributed by atoms with E-state index >= 15 is 0 Å². The van der Waals surface area contributed by atoms with Crippen molar-refractivity contribution in [2.24, 2.45) is 5.92 Å². The molecule has 0 nitrogen and oxygen atoms in total. The van der Waals surface area contributed by atoms with Gasteiger partial charge in [0.25, 0.3) is 0 Å². The summed E-state index contributed by atoms with van der Waals surface area (Å²) in [5.41, 5.74) is 8.96. The van der Waals surface area contributed by atoms with Gasteiger partial charge in [0.05, 0.1) is 0 Å². The van der Waals surface area contributed by atoms with Crippen LogP contribution in [0.15, 0.2) is 48.0 Å². The molecule has 0 heterocycles. The Bertz CT molecular complexity index is 689. The molecule has 0 aliphatic heterocycles. The van der Waals surface area contributed by atoms with Gasteiger partial charge >= 0.3 is 0 Å². The first-order chi connectivity index (χ1) is 11.2. The highest BCUT2D eigenvalue weighted by atomic mass is 14.2. The number of allylic oxidation sites excluding steroid dienone is 1. The zero-order valence-corrected chi connectivity index (χ0v) is 14.7. The zero-order chi connectivity index (χ0) is 16.2. The summed E-state index contributed by atoms with van der Waals surface area (Å²) in [6.07, 6.45) is 8.61. The lowest BCUT2D eigenvalue weighted by Crippen LogP contribution is -2.00. The van der Waals surface area contributed by atoms with Crippen molar-refractivity contribution in [1.82, 2.24) is 0 Å². The van der Waals surface area contributed by atoms with Crippen molar-refractivity contribution in [3.8, 4) is 11.1 Å². The van der Waals surface area contributed by atoms with Gasteiger partial charge in [-0.15, -0.1) is 0 Å². The Hall–Kier alpha value is -1.82. The summed E-state index contributed by atoms with van der Waals surface area (Å²) >= 11 is 0. The molecule has 0 spiro atoms. The number of fused-ring (bicyclic) bond motifs is 1. The first-order valence-electron chi connectivity index (χ1n) is 9.08. The first kappa shape index (κ1) is 16.1. The Balaban J connectivity index is 2.07. The number of hydrogen-bond donors (Lipinski definition) is 0. The van der Waals surface area contributed by atoms with Gasteiger partial charge in [0.15, 0.2) is 0 Å². The lowest BCUT2D eigenvalue weighted by atomic mass is 9.88. The molecule has 1 aliphatic rings. The molecule has 2 aromatic carbocycles. The van der Waals surface area contributed by atoms with Gasteiger partial charge in [-0.05, 0) is 59.4 Å². The van der Waals surface area contributed by atoms with Gasteiger partial charge in [-0.3, -0.25) is 0 Å². The van der Waals surface area contributed by atoms with Gasteiger partial charge in [0.1, 0.15) is 0 Å². The summed E-state index contributed by atoms with van der Waals surface area (Å²) < 4.78 is 0. The molecule has 0 fully saturated rings. The standard InChI is InChI=1S/C23H28/c1-4-5-9-18-15-20-12-13-21(14-17(2)3)23(22(20)16-18)19-10-7-6-8-11-19/h6-8,10-13,16-17H,4-5,9,14-15H2,1-3H3. The zero-order valence-electron chi connectivity index (χ0n) is 14.7. The van der Waals surface area contributed by atoms with E-state index in [0.29, 0.717) is 5.92 Å². The van der Waals surface area contributed by atoms with E-state index in [0.717, 1.165) is 12.8 Å². The largest absolute Gasteiger partial charge is 0.0654 e. The molecular weight excluding hydrogens is 276 g/mol. The van der Waals surface area contributed by atoms with E-state index in [4.69, 9.17) is 0 Å². The lowest BCUT2D eigenvalue weighted by molar-refractivity contribution is 0.648. The van der Waals surface area contributed by atoms with Crippen LogP contribution in [-0.2, 0) is 12.8 Å². The highest BCUT2D eigenvalue weighted by Gasteiger charge is 2.19. The molecule has 0 aromatic heterocycles. The monoisotopic (exact) mass is 304 g/mol. The third-order valence-corrected chi connectivity index (χ3v) is 4.73. The highest BCUT2D eigenvalue weighted by Crippen LogP contribution is 2.38. The minimum absolute atomic E-state index is 0.681. The summed E-state index contributed by atoms with van der Waals surface area (Å²) in [6, 6.07) is 15.7. The average molecular weight is 304 g/mol. The predicted molar refractivity (Wildman–Crippen MR) is 102 cm³/mol. The Morgan fingerprint density at radius 2 is 1.78 bits per heavy atom. The minimum atomic E-state index is 0.681. The molecule has 1 aliphatic carbocycles. The van der Waals surface area contributed by atoms with Crippen LogP contribution in [0.3, 0.4) is 0 Å². The fraction of sp³-hybridized carbons (Fsp3) is 0.391. The fourth-order valence-electron chi connectivity index (χ4n) is 3.65. The number of unbranched alkanes of at least 4 members (excludes halogenated alkanes) is 1. The minimum Gasteiger partial charge on any atom is -0.0654 e. The van der Waals surface area contributed by atoms with E-state index in [1.54, 1.807) is 5.57 Å². The molecule has 2 aromatic rings. The number of rotatable bonds is 6. The van der Waals surface area contributed by atoms with Crippen LogP contribution >= 0.6 is 0 Å². The van der Waals surface area contributed by atoms with Crippen LogP contribution in [0.25, 0.3) is 17.2 Å². The van der Waals surface area contributed by atoms with Crippen molar-refractivity contribution in [2.45, 2.75) is 52.9 Å². The lowest BCUT2D eigenvalue weighted by Gasteiger charge is -2.16. The molecule has 0 saturated heterocycles. The normalized spacial score (nSPS) is 13.3. The van der Waals surface area contributed by atoms with Gasteiger partial charge in [0.2, 0.25) is 0 Å². The third-order valence-electron chi connectivity index (χ3n) is 4.73. The molecule has 0 atom stereocenters. The van der Waals surface area contributed by atoms with Crippen molar-refractivity contribution in [1.29, 1.82) is 0 Å². The van der Waals surface area contributed by atoms with Crippen LogP contribution in [0.5, 0.6) is 0 Å². The van der Waals surface area contributed by atoms with Crippen molar-refractivity contribution in [2.75, 3.05) is 0 Å². The molecule has 23 heavy (non-hydrogen) atoms. The molecule has 3 rings (SSSR count). The maximum atomic E-state index is 2.48. The Morgan fingerprint density at radius 1 is 1.00 bits per heavy atom. The smallest absolute Gasteiger partial charge is 0.00576 e. The van der Waals surface area contributed by atoms with Crippen LogP contribution in [0.2, 0.25) is 0 Å². The Kier molecular flexibility index (Phi) is 5.00. The van der Waals surface area contributed by atoms with Crippen molar-refractivity contribution >= 4 is 6.08 Å². The summed E-state index contributed by atoms with van der Waals surface area (Å²) in [5.74, 6) is 0.681. The SMILES string of the molecule is CCCCC1=Cc2c(ccc(CC(C)C)c2-c2ccccc2)C1. The molecule has 120 valence electrons. The first-order valence-corrected chi connectivity index (χ1v) is 9.08. The summed E-state index contributed by atoms with van der Waals surface area (Å²) in [6.45, 7) is 6.90. The van der Waals surface area contributed by atoms with Gasteiger partial charge in [-0.25, -0.2) is 0 Å². The Morgan fingerprint density at radius 3 is 2.48 bits per heavy atom. The number of hydrogen-bond acceptors (Lipinski definition) is 0. The average Bonchev–Trinajstić information content (AvgIpc) is 2.96. The highest BCUT2D eigenvalue weighted by molar-refractivity contribution is 5.83. The van der Waals surface area contributed by atoms with Gasteiger partial charge in [0, 0.05) is 0 Å². The van der Waals surface area contributed by atoms with Gasteiger partial charge in [-0.1, -0.05) is 81.3 Å². The van der Waals surface area contributed by atoms with E-state index < -0.39 is 0 Å². The second-order valence-electron chi connectivity index (χ2n) is 7.22. The van der Waals surface area contributed by atoms with Gasteiger partial charge in [-0.2, -0.15) is 0 Å². The molecule has 0 amide bonds. The molecule has 0 saturated carbocycles. The third kappa shape index (κ3) is 3.58. The summed E-state index contributed by atoms with van der Waals surface area (Å²) in [4.78, 5) is 0. The van der Waals surface area contributed by atoms with Gasteiger partial charge < -0.3 is 0 Å². The van der Waals surface area contributed by atoms with Crippen LogP contribution < -0.4 is 0 Å².